The van der Waals surface area contributed by atoms with Crippen molar-refractivity contribution in [2.24, 2.45) is 0 Å². The fraction of sp³-hybridized carbons (Fsp3) is 0.364. The molecule has 0 aliphatic heterocycles. The molecule has 0 saturated heterocycles. The van der Waals surface area contributed by atoms with Crippen molar-refractivity contribution in [3.63, 3.8) is 0 Å². The zero-order valence-corrected chi connectivity index (χ0v) is 8.20. The van der Waals surface area contributed by atoms with Gasteiger partial charge in [0.2, 0.25) is 0 Å². The maximum atomic E-state index is 10.8. The third-order valence-corrected chi connectivity index (χ3v) is 2.24. The van der Waals surface area contributed by atoms with Gasteiger partial charge in [0.15, 0.2) is 6.29 Å². The molecule has 2 heteroatoms. The molecule has 0 amide bonds. The molecule has 0 saturated carbocycles. The summed E-state index contributed by atoms with van der Waals surface area (Å²) < 4.78 is 5.16. The van der Waals surface area contributed by atoms with E-state index in [1.165, 1.54) is 7.11 Å². The highest BCUT2D eigenvalue weighted by Crippen LogP contribution is 2.22. The molecule has 0 heterocycles. The zero-order chi connectivity index (χ0) is 9.90. The Labute approximate surface area is 78.5 Å². The summed E-state index contributed by atoms with van der Waals surface area (Å²) in [4.78, 5) is 10.8. The summed E-state index contributed by atoms with van der Waals surface area (Å²) in [5.74, 6) is 0. The molecule has 1 unspecified atom stereocenters. The summed E-state index contributed by atoms with van der Waals surface area (Å²) in [6, 6.07) is 7.76. The van der Waals surface area contributed by atoms with E-state index in [9.17, 15) is 4.79 Å². The Bertz CT molecular complexity index is 307. The normalized spacial score (nSPS) is 15.0. The van der Waals surface area contributed by atoms with Crippen LogP contribution in [0.5, 0.6) is 0 Å². The third kappa shape index (κ3) is 1.95. The SMILES string of the molecule is COC(C)(C=O)c1cccc(C)c1. The van der Waals surface area contributed by atoms with Crippen LogP contribution in [0.1, 0.15) is 18.1 Å². The smallest absolute Gasteiger partial charge is 0.156 e. The minimum atomic E-state index is -0.813. The molecule has 0 spiro atoms. The molecule has 13 heavy (non-hydrogen) atoms. The molecule has 0 radical (unpaired) electrons. The first-order valence-electron chi connectivity index (χ1n) is 4.21. The van der Waals surface area contributed by atoms with Gasteiger partial charge in [-0.2, -0.15) is 0 Å². The van der Waals surface area contributed by atoms with Crippen LogP contribution in [0.2, 0.25) is 0 Å². The average Bonchev–Trinajstić information content (AvgIpc) is 2.17. The first kappa shape index (κ1) is 9.93. The standard InChI is InChI=1S/C11H14O2/c1-9-5-4-6-10(7-9)11(2,8-12)13-3/h4-8H,1-3H3. The molecule has 0 fully saturated rings. The molecular weight excluding hydrogens is 164 g/mol. The molecule has 0 aliphatic rings. The second-order valence-electron chi connectivity index (χ2n) is 3.30. The van der Waals surface area contributed by atoms with E-state index >= 15 is 0 Å². The van der Waals surface area contributed by atoms with Crippen LogP contribution in [0.25, 0.3) is 0 Å². The lowest BCUT2D eigenvalue weighted by atomic mass is 9.96. The number of methoxy groups -OCH3 is 1. The van der Waals surface area contributed by atoms with Gasteiger partial charge in [-0.05, 0) is 19.4 Å². The highest BCUT2D eigenvalue weighted by Gasteiger charge is 2.24. The predicted octanol–water partition coefficient (Wildman–Crippen LogP) is 2.06. The minimum absolute atomic E-state index is 0.813. The fourth-order valence-electron chi connectivity index (χ4n) is 1.19. The molecule has 0 aromatic heterocycles. The number of aryl methyl sites for hydroxylation is 1. The van der Waals surface area contributed by atoms with Crippen LogP contribution >= 0.6 is 0 Å². The summed E-state index contributed by atoms with van der Waals surface area (Å²) in [5, 5.41) is 0. The lowest BCUT2D eigenvalue weighted by Gasteiger charge is -2.21. The number of rotatable bonds is 3. The van der Waals surface area contributed by atoms with Gasteiger partial charge in [-0.3, -0.25) is 4.79 Å². The Kier molecular flexibility index (Phi) is 2.83. The number of benzene rings is 1. The van der Waals surface area contributed by atoms with E-state index in [0.29, 0.717) is 0 Å². The summed E-state index contributed by atoms with van der Waals surface area (Å²) >= 11 is 0. The molecule has 0 aliphatic carbocycles. The molecule has 0 bridgehead atoms. The third-order valence-electron chi connectivity index (χ3n) is 2.24. The van der Waals surface area contributed by atoms with Crippen molar-refractivity contribution in [2.75, 3.05) is 7.11 Å². The summed E-state index contributed by atoms with van der Waals surface area (Å²) in [6.07, 6.45) is 0.821. The van der Waals surface area contributed by atoms with Gasteiger partial charge < -0.3 is 4.74 Å². The van der Waals surface area contributed by atoms with E-state index in [2.05, 4.69) is 0 Å². The topological polar surface area (TPSA) is 26.3 Å². The second-order valence-corrected chi connectivity index (χ2v) is 3.30. The van der Waals surface area contributed by atoms with Gasteiger partial charge in [-0.25, -0.2) is 0 Å². The second kappa shape index (κ2) is 3.71. The van der Waals surface area contributed by atoms with Crippen molar-refractivity contribution < 1.29 is 9.53 Å². The number of hydrogen-bond acceptors (Lipinski definition) is 2. The van der Waals surface area contributed by atoms with Crippen LogP contribution in [-0.2, 0) is 15.1 Å². The van der Waals surface area contributed by atoms with Crippen molar-refractivity contribution in [3.8, 4) is 0 Å². The van der Waals surface area contributed by atoms with Crippen LogP contribution in [0.15, 0.2) is 24.3 Å². The van der Waals surface area contributed by atoms with Crippen LogP contribution in [0, 0.1) is 6.92 Å². The van der Waals surface area contributed by atoms with Crippen molar-refractivity contribution in [1.29, 1.82) is 0 Å². The Balaban J connectivity index is 3.12. The summed E-state index contributed by atoms with van der Waals surface area (Å²) in [7, 11) is 1.54. The van der Waals surface area contributed by atoms with Gasteiger partial charge in [-0.1, -0.05) is 29.8 Å². The Morgan fingerprint density at radius 3 is 2.62 bits per heavy atom. The Morgan fingerprint density at radius 2 is 2.15 bits per heavy atom. The maximum absolute atomic E-state index is 10.8. The summed E-state index contributed by atoms with van der Waals surface area (Å²) in [5.41, 5.74) is 1.21. The van der Waals surface area contributed by atoms with Crippen molar-refractivity contribution in [2.45, 2.75) is 19.4 Å². The van der Waals surface area contributed by atoms with Crippen molar-refractivity contribution >= 4 is 6.29 Å². The first-order valence-corrected chi connectivity index (χ1v) is 4.21. The molecule has 1 rings (SSSR count). The predicted molar refractivity (Wildman–Crippen MR) is 51.6 cm³/mol. The van der Waals surface area contributed by atoms with Crippen LogP contribution < -0.4 is 0 Å². The number of carbonyl (C=O) groups excluding carboxylic acids is 1. The van der Waals surface area contributed by atoms with Gasteiger partial charge in [-0.15, -0.1) is 0 Å². The van der Waals surface area contributed by atoms with Gasteiger partial charge in [0, 0.05) is 7.11 Å². The zero-order valence-electron chi connectivity index (χ0n) is 8.20. The Morgan fingerprint density at radius 1 is 1.46 bits per heavy atom. The van der Waals surface area contributed by atoms with Crippen LogP contribution in [-0.4, -0.2) is 13.4 Å². The van der Waals surface area contributed by atoms with Gasteiger partial charge in [0.25, 0.3) is 0 Å². The van der Waals surface area contributed by atoms with Gasteiger partial charge >= 0.3 is 0 Å². The van der Waals surface area contributed by atoms with Crippen molar-refractivity contribution in [3.05, 3.63) is 35.4 Å². The largest absolute Gasteiger partial charge is 0.366 e. The van der Waals surface area contributed by atoms with Crippen LogP contribution in [0.4, 0.5) is 0 Å². The Hall–Kier alpha value is -1.15. The lowest BCUT2D eigenvalue weighted by Crippen LogP contribution is -2.25. The van der Waals surface area contributed by atoms with E-state index in [4.69, 9.17) is 4.74 Å². The number of aldehydes is 1. The number of ether oxygens (including phenoxy) is 1. The average molecular weight is 178 g/mol. The highest BCUT2D eigenvalue weighted by molar-refractivity contribution is 5.65. The number of hydrogen-bond donors (Lipinski definition) is 0. The van der Waals surface area contributed by atoms with Gasteiger partial charge in [0.1, 0.15) is 5.60 Å². The van der Waals surface area contributed by atoms with E-state index < -0.39 is 5.60 Å². The van der Waals surface area contributed by atoms with Crippen LogP contribution in [0.3, 0.4) is 0 Å². The monoisotopic (exact) mass is 178 g/mol. The van der Waals surface area contributed by atoms with Gasteiger partial charge in [0.05, 0.1) is 0 Å². The fourth-order valence-corrected chi connectivity index (χ4v) is 1.19. The minimum Gasteiger partial charge on any atom is -0.366 e. The molecule has 1 aromatic carbocycles. The summed E-state index contributed by atoms with van der Waals surface area (Å²) in [6.45, 7) is 3.75. The van der Waals surface area contributed by atoms with Crippen molar-refractivity contribution in [1.82, 2.24) is 0 Å². The highest BCUT2D eigenvalue weighted by atomic mass is 16.5. The van der Waals surface area contributed by atoms with E-state index in [1.54, 1.807) is 6.92 Å². The molecule has 1 aromatic rings. The van der Waals surface area contributed by atoms with E-state index in [1.807, 2.05) is 31.2 Å². The lowest BCUT2D eigenvalue weighted by molar-refractivity contribution is -0.126. The van der Waals surface area contributed by atoms with E-state index in [-0.39, 0.29) is 0 Å². The molecule has 70 valence electrons. The molecule has 2 nitrogen and oxygen atoms in total. The molecular formula is C11H14O2. The first-order chi connectivity index (χ1) is 6.12. The molecule has 0 N–H and O–H groups in total. The maximum Gasteiger partial charge on any atom is 0.156 e. The van der Waals surface area contributed by atoms with E-state index in [0.717, 1.165) is 17.4 Å². The quantitative estimate of drug-likeness (QED) is 0.662. The molecule has 1 atom stereocenters. The number of carbonyl (C=O) groups is 1.